The highest BCUT2D eigenvalue weighted by Crippen LogP contribution is 2.39. The molecule has 0 amide bonds. The van der Waals surface area contributed by atoms with Crippen LogP contribution >= 0.6 is 0 Å². The van der Waals surface area contributed by atoms with Crippen molar-refractivity contribution in [1.82, 2.24) is 34.8 Å². The average Bonchev–Trinajstić information content (AvgIpc) is 3.17. The third kappa shape index (κ3) is 2.47. The quantitative estimate of drug-likeness (QED) is 0.787. The van der Waals surface area contributed by atoms with Crippen LogP contribution in [0, 0.1) is 13.8 Å². The number of aromatic nitrogens is 7. The van der Waals surface area contributed by atoms with Gasteiger partial charge in [0.25, 0.3) is 5.78 Å². The molecule has 25 heavy (non-hydrogen) atoms. The predicted octanol–water partition coefficient (Wildman–Crippen LogP) is 2.12. The number of fused-ring (bicyclic) bond motifs is 1. The van der Waals surface area contributed by atoms with Crippen molar-refractivity contribution in [2.45, 2.75) is 51.4 Å². The van der Waals surface area contributed by atoms with Crippen LogP contribution in [0.3, 0.4) is 0 Å². The van der Waals surface area contributed by atoms with Gasteiger partial charge >= 0.3 is 0 Å². The molecule has 8 nitrogen and oxygen atoms in total. The minimum atomic E-state index is 0.464. The molecule has 0 spiro atoms. The standard InChI is InChI=1S/C17H22N8/c1-10-11(2)20-17-18-9-19-25(17)16(10)24-7-5-13(6-8-24)15-21-14(22-23-15)12-3-4-12/h9,12-13H,3-8H2,1-2H3,(H,21,22,23). The summed E-state index contributed by atoms with van der Waals surface area (Å²) in [6.07, 6.45) is 6.19. The van der Waals surface area contributed by atoms with Crippen molar-refractivity contribution in [3.8, 4) is 0 Å². The van der Waals surface area contributed by atoms with Gasteiger partial charge in [0.15, 0.2) is 5.82 Å². The average molecular weight is 338 g/mol. The van der Waals surface area contributed by atoms with E-state index in [1.807, 2.05) is 11.4 Å². The first kappa shape index (κ1) is 14.8. The van der Waals surface area contributed by atoms with Gasteiger partial charge in [0.2, 0.25) is 0 Å². The Morgan fingerprint density at radius 3 is 2.60 bits per heavy atom. The molecular weight excluding hydrogens is 316 g/mol. The number of anilines is 1. The van der Waals surface area contributed by atoms with Crippen molar-refractivity contribution in [3.63, 3.8) is 0 Å². The third-order valence-electron chi connectivity index (χ3n) is 5.52. The fraction of sp³-hybridized carbons (Fsp3) is 0.588. The molecule has 0 atom stereocenters. The van der Waals surface area contributed by atoms with Crippen molar-refractivity contribution in [1.29, 1.82) is 0 Å². The van der Waals surface area contributed by atoms with Crippen LogP contribution < -0.4 is 4.90 Å². The van der Waals surface area contributed by atoms with E-state index in [4.69, 9.17) is 4.98 Å². The minimum Gasteiger partial charge on any atom is -0.356 e. The highest BCUT2D eigenvalue weighted by molar-refractivity contribution is 5.54. The lowest BCUT2D eigenvalue weighted by Crippen LogP contribution is -2.35. The Morgan fingerprint density at radius 2 is 1.84 bits per heavy atom. The second-order valence-corrected chi connectivity index (χ2v) is 7.23. The maximum absolute atomic E-state index is 4.74. The summed E-state index contributed by atoms with van der Waals surface area (Å²) < 4.78 is 1.86. The Kier molecular flexibility index (Phi) is 3.26. The topological polar surface area (TPSA) is 87.9 Å². The summed E-state index contributed by atoms with van der Waals surface area (Å²) >= 11 is 0. The second-order valence-electron chi connectivity index (χ2n) is 7.23. The SMILES string of the molecule is Cc1nc2ncnn2c(N2CCC(c3nc(C4CC4)n[nH]3)CC2)c1C. The molecule has 0 unspecified atom stereocenters. The molecule has 0 radical (unpaired) electrons. The van der Waals surface area contributed by atoms with Crippen LogP contribution in [-0.4, -0.2) is 47.9 Å². The first-order valence-corrected chi connectivity index (χ1v) is 9.05. The van der Waals surface area contributed by atoms with Crippen molar-refractivity contribution < 1.29 is 0 Å². The summed E-state index contributed by atoms with van der Waals surface area (Å²) in [5.41, 5.74) is 2.19. The molecule has 1 N–H and O–H groups in total. The summed E-state index contributed by atoms with van der Waals surface area (Å²) in [5.74, 6) is 4.94. The van der Waals surface area contributed by atoms with Gasteiger partial charge in [0.05, 0.1) is 0 Å². The summed E-state index contributed by atoms with van der Waals surface area (Å²) in [4.78, 5) is 15.9. The van der Waals surface area contributed by atoms with Gasteiger partial charge in [-0.1, -0.05) is 0 Å². The summed E-state index contributed by atoms with van der Waals surface area (Å²) in [7, 11) is 0. The molecule has 1 saturated heterocycles. The van der Waals surface area contributed by atoms with Crippen LogP contribution in [0.15, 0.2) is 6.33 Å². The Balaban J connectivity index is 1.38. The zero-order valence-corrected chi connectivity index (χ0v) is 14.6. The van der Waals surface area contributed by atoms with E-state index in [0.29, 0.717) is 17.6 Å². The molecule has 3 aromatic rings. The minimum absolute atomic E-state index is 0.464. The first-order chi connectivity index (χ1) is 12.2. The zero-order chi connectivity index (χ0) is 17.0. The Morgan fingerprint density at radius 1 is 1.04 bits per heavy atom. The number of hydrogen-bond donors (Lipinski definition) is 1. The third-order valence-corrected chi connectivity index (χ3v) is 5.52. The molecule has 3 aromatic heterocycles. The van der Waals surface area contributed by atoms with Crippen LogP contribution in [0.25, 0.3) is 5.78 Å². The summed E-state index contributed by atoms with van der Waals surface area (Å²) in [6.45, 7) is 6.10. The Hall–Kier alpha value is -2.51. The van der Waals surface area contributed by atoms with Crippen molar-refractivity contribution in [2.24, 2.45) is 0 Å². The van der Waals surface area contributed by atoms with Crippen LogP contribution in [0.1, 0.15) is 60.4 Å². The Labute approximate surface area is 145 Å². The Bertz CT molecular complexity index is 914. The van der Waals surface area contributed by atoms with Gasteiger partial charge in [-0.3, -0.25) is 5.10 Å². The molecule has 0 bridgehead atoms. The van der Waals surface area contributed by atoms with Crippen molar-refractivity contribution in [3.05, 3.63) is 29.2 Å². The lowest BCUT2D eigenvalue weighted by atomic mass is 9.96. The van der Waals surface area contributed by atoms with Gasteiger partial charge in [-0.25, -0.2) is 9.97 Å². The lowest BCUT2D eigenvalue weighted by Gasteiger charge is -2.33. The van der Waals surface area contributed by atoms with Gasteiger partial charge in [0, 0.05) is 36.2 Å². The molecule has 1 saturated carbocycles. The van der Waals surface area contributed by atoms with Crippen LogP contribution in [-0.2, 0) is 0 Å². The molecule has 1 aliphatic heterocycles. The van der Waals surface area contributed by atoms with E-state index in [2.05, 4.69) is 37.1 Å². The van der Waals surface area contributed by atoms with Crippen LogP contribution in [0.2, 0.25) is 0 Å². The highest BCUT2D eigenvalue weighted by Gasteiger charge is 2.30. The molecule has 4 heterocycles. The fourth-order valence-electron chi connectivity index (χ4n) is 3.75. The van der Waals surface area contributed by atoms with E-state index < -0.39 is 0 Å². The first-order valence-electron chi connectivity index (χ1n) is 9.05. The fourth-order valence-corrected chi connectivity index (χ4v) is 3.75. The molecule has 2 fully saturated rings. The van der Waals surface area contributed by atoms with E-state index in [9.17, 15) is 0 Å². The molecule has 0 aromatic carbocycles. The lowest BCUT2D eigenvalue weighted by molar-refractivity contribution is 0.481. The maximum Gasteiger partial charge on any atom is 0.254 e. The van der Waals surface area contributed by atoms with E-state index in [1.54, 1.807) is 6.33 Å². The summed E-state index contributed by atoms with van der Waals surface area (Å²) in [5, 5.41) is 12.0. The van der Waals surface area contributed by atoms with Gasteiger partial charge < -0.3 is 4.90 Å². The van der Waals surface area contributed by atoms with Crippen LogP contribution in [0.5, 0.6) is 0 Å². The molecular formula is C17H22N8. The summed E-state index contributed by atoms with van der Waals surface area (Å²) in [6, 6.07) is 0. The van der Waals surface area contributed by atoms with E-state index >= 15 is 0 Å². The number of piperidine rings is 1. The number of nitrogens with one attached hydrogen (secondary N) is 1. The number of aryl methyl sites for hydroxylation is 1. The molecule has 2 aliphatic rings. The van der Waals surface area contributed by atoms with E-state index in [0.717, 1.165) is 49.1 Å². The highest BCUT2D eigenvalue weighted by atomic mass is 15.4. The second kappa shape index (κ2) is 5.50. The molecule has 1 aliphatic carbocycles. The van der Waals surface area contributed by atoms with Gasteiger partial charge in [0.1, 0.15) is 18.0 Å². The number of H-pyrrole nitrogens is 1. The number of nitrogens with zero attached hydrogens (tertiary/aromatic N) is 7. The molecule has 130 valence electrons. The zero-order valence-electron chi connectivity index (χ0n) is 14.6. The maximum atomic E-state index is 4.74. The normalized spacial score (nSPS) is 19.0. The van der Waals surface area contributed by atoms with Gasteiger partial charge in [-0.05, 0) is 39.5 Å². The molecule has 8 heteroatoms. The largest absolute Gasteiger partial charge is 0.356 e. The van der Waals surface area contributed by atoms with Gasteiger partial charge in [-0.15, -0.1) is 0 Å². The van der Waals surface area contributed by atoms with Crippen LogP contribution in [0.4, 0.5) is 5.82 Å². The van der Waals surface area contributed by atoms with Gasteiger partial charge in [-0.2, -0.15) is 19.7 Å². The van der Waals surface area contributed by atoms with Crippen molar-refractivity contribution in [2.75, 3.05) is 18.0 Å². The van der Waals surface area contributed by atoms with E-state index in [1.165, 1.54) is 18.4 Å². The predicted molar refractivity (Wildman–Crippen MR) is 92.8 cm³/mol. The molecule has 5 rings (SSSR count). The number of hydrogen-bond acceptors (Lipinski definition) is 6. The smallest absolute Gasteiger partial charge is 0.254 e. The number of rotatable bonds is 3. The monoisotopic (exact) mass is 338 g/mol. The number of aromatic amines is 1. The van der Waals surface area contributed by atoms with E-state index in [-0.39, 0.29) is 0 Å². The van der Waals surface area contributed by atoms with Crippen molar-refractivity contribution >= 4 is 11.6 Å².